The molecule has 0 aliphatic carbocycles. The number of nitrogens with one attached hydrogen (secondary N) is 3. The van der Waals surface area contributed by atoms with Crippen molar-refractivity contribution in [1.82, 2.24) is 24.9 Å². The topological polar surface area (TPSA) is 222 Å². The second-order valence-corrected chi connectivity index (χ2v) is 26.7. The molecular formula is C78H84BrN5O11. The molecule has 2 unspecified atom stereocenters. The molecule has 11 rings (SSSR count). The molecule has 95 heavy (non-hydrogen) atoms. The number of hydrogen-bond acceptors (Lipinski definition) is 13. The van der Waals surface area contributed by atoms with E-state index in [4.69, 9.17) is 23.7 Å². The zero-order chi connectivity index (χ0) is 69.0. The molecular weight excluding hydrogens is 1260 g/mol. The molecule has 0 spiro atoms. The van der Waals surface area contributed by atoms with Crippen molar-refractivity contribution in [3.05, 3.63) is 246 Å². The summed E-state index contributed by atoms with van der Waals surface area (Å²) in [5.74, 6) is 3.33. The second-order valence-electron chi connectivity index (χ2n) is 25.9. The van der Waals surface area contributed by atoms with Gasteiger partial charge in [0.15, 0.2) is 17.3 Å². The minimum Gasteiger partial charge on any atom is -0.488 e. The number of aryl methyl sites for hydroxylation is 6. The van der Waals surface area contributed by atoms with Crippen LogP contribution in [0.5, 0.6) is 29.0 Å². The lowest BCUT2D eigenvalue weighted by Gasteiger charge is -2.24. The van der Waals surface area contributed by atoms with Gasteiger partial charge in [-0.05, 0) is 236 Å². The molecule has 3 aliphatic heterocycles. The van der Waals surface area contributed by atoms with E-state index >= 15 is 0 Å². The van der Waals surface area contributed by atoms with Crippen molar-refractivity contribution in [3.63, 3.8) is 0 Å². The molecule has 3 aliphatic rings. The number of ketones is 3. The Kier molecular flexibility index (Phi) is 21.3. The smallest absolute Gasteiger partial charge is 0.251 e. The van der Waals surface area contributed by atoms with Crippen LogP contribution in [0, 0.1) is 41.5 Å². The average molecular weight is 1350 g/mol. The molecule has 8 aromatic rings. The van der Waals surface area contributed by atoms with E-state index in [2.05, 4.69) is 67.9 Å². The summed E-state index contributed by atoms with van der Waals surface area (Å²) < 4.78 is 29.9. The van der Waals surface area contributed by atoms with E-state index < -0.39 is 11.2 Å². The van der Waals surface area contributed by atoms with Crippen LogP contribution in [0.15, 0.2) is 146 Å². The number of rotatable bonds is 18. The van der Waals surface area contributed by atoms with Gasteiger partial charge >= 0.3 is 0 Å². The van der Waals surface area contributed by atoms with Crippen molar-refractivity contribution in [1.29, 1.82) is 0 Å². The van der Waals surface area contributed by atoms with Crippen LogP contribution < -0.4 is 40.4 Å². The minimum absolute atomic E-state index is 0.0196. The van der Waals surface area contributed by atoms with Crippen molar-refractivity contribution < 1.29 is 38.1 Å². The normalized spacial score (nSPS) is 15.8. The molecule has 0 saturated carbocycles. The van der Waals surface area contributed by atoms with E-state index in [1.54, 1.807) is 38.7 Å². The highest BCUT2D eigenvalue weighted by molar-refractivity contribution is 9.10. The first-order chi connectivity index (χ1) is 45.0. The summed E-state index contributed by atoms with van der Waals surface area (Å²) in [6.45, 7) is 32.2. The highest BCUT2D eigenvalue weighted by Crippen LogP contribution is 2.47. The van der Waals surface area contributed by atoms with E-state index in [1.165, 1.54) is 11.1 Å². The predicted octanol–water partition coefficient (Wildman–Crippen LogP) is 15.1. The largest absolute Gasteiger partial charge is 0.488 e. The first-order valence-corrected chi connectivity index (χ1v) is 32.6. The van der Waals surface area contributed by atoms with Gasteiger partial charge in [-0.2, -0.15) is 0 Å². The molecule has 5 aromatic heterocycles. The fourth-order valence-corrected chi connectivity index (χ4v) is 12.9. The molecule has 0 amide bonds. The molecule has 0 bridgehead atoms. The summed E-state index contributed by atoms with van der Waals surface area (Å²) >= 11 is 3.55. The first-order valence-electron chi connectivity index (χ1n) is 31.8. The van der Waals surface area contributed by atoms with Crippen LogP contribution in [0.1, 0.15) is 159 Å². The van der Waals surface area contributed by atoms with Gasteiger partial charge in [0.25, 0.3) is 16.7 Å². The summed E-state index contributed by atoms with van der Waals surface area (Å²) in [6.07, 6.45) is 7.46. The zero-order valence-corrected chi connectivity index (χ0v) is 58.5. The lowest BCUT2D eigenvalue weighted by atomic mass is 9.90. The number of Topliss-reactive ketones (excluding diaryl/α,β-unsaturated/α-hetero) is 3. The molecule has 0 radical (unpaired) electrons. The average Bonchev–Trinajstić information content (AvgIpc) is 1.62. The Morgan fingerprint density at radius 3 is 1.23 bits per heavy atom. The number of H-pyrrole nitrogens is 3. The van der Waals surface area contributed by atoms with Gasteiger partial charge in [-0.25, -0.2) is 9.97 Å². The highest BCUT2D eigenvalue weighted by atomic mass is 79.9. The van der Waals surface area contributed by atoms with Gasteiger partial charge < -0.3 is 38.6 Å². The summed E-state index contributed by atoms with van der Waals surface area (Å²) in [4.78, 5) is 93.4. The number of nitrogens with zero attached hydrogens (tertiary/aromatic N) is 2. The number of allylic oxidation sites excluding steroid dienone is 1. The van der Waals surface area contributed by atoms with Crippen LogP contribution in [0.3, 0.4) is 0 Å². The fourth-order valence-electron chi connectivity index (χ4n) is 12.2. The maximum atomic E-state index is 13.3. The van der Waals surface area contributed by atoms with Crippen LogP contribution >= 0.6 is 15.9 Å². The fraction of sp³-hybridized carbons (Fsp3) is 0.333. The number of benzene rings is 3. The monoisotopic (exact) mass is 1350 g/mol. The van der Waals surface area contributed by atoms with Gasteiger partial charge in [-0.1, -0.05) is 18.7 Å². The predicted molar refractivity (Wildman–Crippen MR) is 377 cm³/mol. The Bertz CT molecular complexity index is 4380. The van der Waals surface area contributed by atoms with Gasteiger partial charge in [0.05, 0.1) is 18.7 Å². The van der Waals surface area contributed by atoms with E-state index in [9.17, 15) is 28.8 Å². The minimum atomic E-state index is -0.537. The zero-order valence-electron chi connectivity index (χ0n) is 56.9. The lowest BCUT2D eigenvalue weighted by molar-refractivity contribution is 0.0974. The molecule has 16 nitrogen and oxygen atoms in total. The van der Waals surface area contributed by atoms with Gasteiger partial charge in [0.2, 0.25) is 11.8 Å². The van der Waals surface area contributed by atoms with Gasteiger partial charge in [-0.15, -0.1) is 0 Å². The van der Waals surface area contributed by atoms with E-state index in [-0.39, 0.29) is 46.9 Å². The third kappa shape index (κ3) is 15.9. The van der Waals surface area contributed by atoms with Crippen LogP contribution in [0.4, 0.5) is 0 Å². The maximum absolute atomic E-state index is 13.3. The summed E-state index contributed by atoms with van der Waals surface area (Å²) in [5, 5.41) is 0. The van der Waals surface area contributed by atoms with Gasteiger partial charge in [0.1, 0.15) is 35.1 Å². The number of carbonyl (C=O) groups excluding carboxylic acids is 3. The van der Waals surface area contributed by atoms with E-state index in [0.717, 1.165) is 112 Å². The third-order valence-electron chi connectivity index (χ3n) is 18.4. The molecule has 0 saturated heterocycles. The summed E-state index contributed by atoms with van der Waals surface area (Å²) in [5.41, 5.74) is 18.2. The van der Waals surface area contributed by atoms with Crippen molar-refractivity contribution in [3.8, 4) is 51.3 Å². The van der Waals surface area contributed by atoms with Gasteiger partial charge in [-0.3, -0.25) is 28.8 Å². The van der Waals surface area contributed by atoms with Crippen LogP contribution in [-0.2, 0) is 38.5 Å². The summed E-state index contributed by atoms with van der Waals surface area (Å²) in [6, 6.07) is 24.5. The number of aromatic amines is 3. The molecule has 3 aromatic carbocycles. The van der Waals surface area contributed by atoms with Gasteiger partial charge in [0, 0.05) is 135 Å². The quantitative estimate of drug-likeness (QED) is 0.0538. The number of aromatic nitrogens is 5. The second kappa shape index (κ2) is 29.0. The Morgan fingerprint density at radius 1 is 0.526 bits per heavy atom. The van der Waals surface area contributed by atoms with E-state index in [0.29, 0.717) is 90.3 Å². The molecule has 494 valence electrons. The Hall–Kier alpha value is -9.48. The molecule has 8 heterocycles. The standard InChI is InChI=1S/2C28H30N2O4.C22H24BrNO3/c2*1-16(2)28(5)14-21-12-20(24(31)9-8-22-17(3)11-18(4)30-27(22)32)13-23(26(21)34-28)19-7-10-25(33-6)29-15-19;1-12-8-17-9-16(10-19(23)21(17)27-11-14(12)3)20(25)6-5-18-13(2)7-15(4)24-22(18)26/h2*7,10-13,15H,1,8-9,14H2,2-6H3,(H,30,32);7,9-10H,5-6,8,11H2,1-4H3,(H,24,26). The van der Waals surface area contributed by atoms with E-state index in [1.807, 2.05) is 136 Å². The Morgan fingerprint density at radius 2 is 0.895 bits per heavy atom. The van der Waals surface area contributed by atoms with Crippen molar-refractivity contribution in [2.24, 2.45) is 0 Å². The number of ether oxygens (including phenoxy) is 5. The number of hydrogen-bond donors (Lipinski definition) is 3. The molecule has 17 heteroatoms. The van der Waals surface area contributed by atoms with Crippen LogP contribution in [0.25, 0.3) is 22.3 Å². The van der Waals surface area contributed by atoms with Crippen LogP contribution in [-0.4, -0.2) is 74.3 Å². The highest BCUT2D eigenvalue weighted by Gasteiger charge is 2.39. The lowest BCUT2D eigenvalue weighted by Crippen LogP contribution is -2.31. The number of methoxy groups -OCH3 is 2. The molecule has 0 fully saturated rings. The first kappa shape index (κ1) is 69.9. The Balaban J connectivity index is 0.000000169. The SMILES string of the molecule is C=C(C)C1(C)Cc2cc(C(=O)CCc3c(C)cc(C)[nH]c3=O)cc(-c3ccc(OC)nc3)c2O1.C=C(C)C1(C)Cc2cc(C(=O)CCc3c(C)cc(C)[nH]c3=O)cc(-c3ccc(OC)nc3)c2O1.CC1=C(C)Cc2cc(C(=O)CCc3c(C)cc(C)[nH]c3=O)cc(Br)c2OC1. The number of pyridine rings is 5. The van der Waals surface area contributed by atoms with Crippen molar-refractivity contribution in [2.75, 3.05) is 20.8 Å². The number of halogens is 1. The number of fused-ring (bicyclic) bond motifs is 3. The molecule has 3 N–H and O–H groups in total. The maximum Gasteiger partial charge on any atom is 0.251 e. The Labute approximate surface area is 563 Å². The molecule has 2 atom stereocenters. The van der Waals surface area contributed by atoms with Crippen molar-refractivity contribution in [2.45, 2.75) is 152 Å². The number of carbonyl (C=O) groups is 3. The van der Waals surface area contributed by atoms with Crippen LogP contribution in [0.2, 0.25) is 0 Å². The van der Waals surface area contributed by atoms with Crippen molar-refractivity contribution >= 4 is 33.3 Å². The third-order valence-corrected chi connectivity index (χ3v) is 18.9. The summed E-state index contributed by atoms with van der Waals surface area (Å²) in [7, 11) is 3.14.